The Bertz CT molecular complexity index is 832. The molecule has 1 amide bonds. The minimum absolute atomic E-state index is 0.210. The summed E-state index contributed by atoms with van der Waals surface area (Å²) in [5.74, 6) is -0.684. The Balaban J connectivity index is 1.47. The van der Waals surface area contributed by atoms with Crippen LogP contribution in [0.1, 0.15) is 29.8 Å². The van der Waals surface area contributed by atoms with E-state index >= 15 is 0 Å². The highest BCUT2D eigenvalue weighted by molar-refractivity contribution is 6.30. The number of aromatic nitrogens is 1. The second kappa shape index (κ2) is 9.82. The number of halogens is 1. The lowest BCUT2D eigenvalue weighted by Gasteiger charge is -2.35. The van der Waals surface area contributed by atoms with Crippen LogP contribution in [0.5, 0.6) is 0 Å². The third-order valence-electron chi connectivity index (χ3n) is 4.42. The molecule has 1 aliphatic heterocycles. The molecule has 1 fully saturated rings. The number of rotatable bonds is 6. The number of pyridine rings is 1. The number of amides is 1. The number of hydrogen-bond donors (Lipinski definition) is 1. The number of morpholine rings is 1. The first-order valence-corrected chi connectivity index (χ1v) is 9.82. The minimum atomic E-state index is -0.551. The molecule has 1 aliphatic rings. The van der Waals surface area contributed by atoms with Crippen molar-refractivity contribution in [3.63, 3.8) is 0 Å². The van der Waals surface area contributed by atoms with E-state index in [1.54, 1.807) is 24.3 Å². The van der Waals surface area contributed by atoms with Crippen molar-refractivity contribution in [3.8, 4) is 0 Å². The number of anilines is 1. The first-order valence-electron chi connectivity index (χ1n) is 9.44. The zero-order chi connectivity index (χ0) is 20.8. The van der Waals surface area contributed by atoms with Crippen LogP contribution in [0.25, 0.3) is 0 Å². The van der Waals surface area contributed by atoms with Crippen LogP contribution >= 0.6 is 11.6 Å². The molecule has 1 aromatic carbocycles. The maximum absolute atomic E-state index is 12.2. The van der Waals surface area contributed by atoms with E-state index in [-0.39, 0.29) is 12.2 Å². The molecule has 2 aromatic rings. The molecular formula is C21H24ClN3O4. The van der Waals surface area contributed by atoms with Gasteiger partial charge >= 0.3 is 5.97 Å². The monoisotopic (exact) mass is 417 g/mol. The van der Waals surface area contributed by atoms with E-state index in [0.29, 0.717) is 16.4 Å². The molecule has 154 valence electrons. The quantitative estimate of drug-likeness (QED) is 0.727. The SMILES string of the molecule is C[C@H]1CN(Cc2ccc(C(=O)OCC(=O)Nc3ccc(Cl)cn3)cc2)C[C@H](C)O1. The van der Waals surface area contributed by atoms with Gasteiger partial charge in [0.05, 0.1) is 22.8 Å². The summed E-state index contributed by atoms with van der Waals surface area (Å²) in [6, 6.07) is 10.4. The van der Waals surface area contributed by atoms with Gasteiger partial charge in [-0.25, -0.2) is 9.78 Å². The van der Waals surface area contributed by atoms with Crippen molar-refractivity contribution in [3.05, 3.63) is 58.7 Å². The Labute approximate surface area is 175 Å². The first-order chi connectivity index (χ1) is 13.9. The summed E-state index contributed by atoms with van der Waals surface area (Å²) in [4.78, 5) is 30.3. The molecule has 3 rings (SSSR count). The highest BCUT2D eigenvalue weighted by atomic mass is 35.5. The number of benzene rings is 1. The Morgan fingerprint density at radius 3 is 2.48 bits per heavy atom. The summed E-state index contributed by atoms with van der Waals surface area (Å²) in [7, 11) is 0. The standard InChI is InChI=1S/C21H24ClN3O4/c1-14-10-25(11-15(2)29-14)12-16-3-5-17(6-4-16)21(27)28-13-20(26)24-19-8-7-18(22)9-23-19/h3-9,14-15H,10-13H2,1-2H3,(H,23,24,26)/t14-,15-/m0/s1. The van der Waals surface area contributed by atoms with Gasteiger partial charge in [0, 0.05) is 25.8 Å². The molecule has 1 saturated heterocycles. The largest absolute Gasteiger partial charge is 0.452 e. The third-order valence-corrected chi connectivity index (χ3v) is 4.64. The van der Waals surface area contributed by atoms with Crippen molar-refractivity contribution in [1.29, 1.82) is 0 Å². The van der Waals surface area contributed by atoms with Gasteiger partial charge in [-0.1, -0.05) is 23.7 Å². The van der Waals surface area contributed by atoms with E-state index in [1.807, 2.05) is 12.1 Å². The Kier molecular flexibility index (Phi) is 7.19. The van der Waals surface area contributed by atoms with Crippen molar-refractivity contribution in [2.75, 3.05) is 25.0 Å². The number of carbonyl (C=O) groups excluding carboxylic acids is 2. The fourth-order valence-corrected chi connectivity index (χ4v) is 3.37. The van der Waals surface area contributed by atoms with Crippen LogP contribution in [0.15, 0.2) is 42.6 Å². The van der Waals surface area contributed by atoms with Crippen LogP contribution in [0, 0.1) is 0 Å². The average Bonchev–Trinajstić information content (AvgIpc) is 2.68. The van der Waals surface area contributed by atoms with Crippen LogP contribution < -0.4 is 5.32 Å². The number of nitrogens with zero attached hydrogens (tertiary/aromatic N) is 2. The molecule has 0 radical (unpaired) electrons. The molecule has 8 heteroatoms. The van der Waals surface area contributed by atoms with E-state index in [1.165, 1.54) is 6.20 Å². The van der Waals surface area contributed by atoms with Crippen molar-refractivity contribution < 1.29 is 19.1 Å². The molecular weight excluding hydrogens is 394 g/mol. The molecule has 1 aromatic heterocycles. The highest BCUT2D eigenvalue weighted by Crippen LogP contribution is 2.15. The third kappa shape index (κ3) is 6.52. The number of carbonyl (C=O) groups is 2. The summed E-state index contributed by atoms with van der Waals surface area (Å²) in [5.41, 5.74) is 1.50. The first kappa shape index (κ1) is 21.2. The summed E-state index contributed by atoms with van der Waals surface area (Å²) in [6.07, 6.45) is 1.84. The van der Waals surface area contributed by atoms with Gasteiger partial charge in [-0.05, 0) is 43.7 Å². The van der Waals surface area contributed by atoms with Gasteiger partial charge in [-0.2, -0.15) is 0 Å². The van der Waals surface area contributed by atoms with Gasteiger partial charge < -0.3 is 14.8 Å². The molecule has 0 bridgehead atoms. The van der Waals surface area contributed by atoms with E-state index in [2.05, 4.69) is 29.0 Å². The molecule has 2 atom stereocenters. The lowest BCUT2D eigenvalue weighted by Crippen LogP contribution is -2.44. The number of nitrogens with one attached hydrogen (secondary N) is 1. The lowest BCUT2D eigenvalue weighted by molar-refractivity contribution is -0.119. The predicted octanol–water partition coefficient (Wildman–Crippen LogP) is 3.14. The normalized spacial score (nSPS) is 19.6. The molecule has 0 unspecified atom stereocenters. The van der Waals surface area contributed by atoms with Gasteiger partial charge in [-0.15, -0.1) is 0 Å². The predicted molar refractivity (Wildman–Crippen MR) is 110 cm³/mol. The smallest absolute Gasteiger partial charge is 0.338 e. The average molecular weight is 418 g/mol. The van der Waals surface area contributed by atoms with Crippen LogP contribution in [0.2, 0.25) is 5.02 Å². The Hall–Kier alpha value is -2.48. The van der Waals surface area contributed by atoms with Gasteiger partial charge in [0.1, 0.15) is 5.82 Å². The summed E-state index contributed by atoms with van der Waals surface area (Å²) in [6.45, 7) is 6.30. The van der Waals surface area contributed by atoms with E-state index in [9.17, 15) is 9.59 Å². The molecule has 29 heavy (non-hydrogen) atoms. The van der Waals surface area contributed by atoms with E-state index in [4.69, 9.17) is 21.1 Å². The van der Waals surface area contributed by atoms with Crippen molar-refractivity contribution in [1.82, 2.24) is 9.88 Å². The van der Waals surface area contributed by atoms with Crippen LogP contribution in [-0.2, 0) is 20.8 Å². The Morgan fingerprint density at radius 2 is 1.86 bits per heavy atom. The Morgan fingerprint density at radius 1 is 1.17 bits per heavy atom. The minimum Gasteiger partial charge on any atom is -0.452 e. The molecule has 0 aliphatic carbocycles. The van der Waals surface area contributed by atoms with E-state index < -0.39 is 18.5 Å². The van der Waals surface area contributed by atoms with Gasteiger partial charge in [0.2, 0.25) is 0 Å². The summed E-state index contributed by atoms with van der Waals surface area (Å²) in [5, 5.41) is 3.00. The van der Waals surface area contributed by atoms with E-state index in [0.717, 1.165) is 25.2 Å². The van der Waals surface area contributed by atoms with Crippen molar-refractivity contribution >= 4 is 29.3 Å². The fraction of sp³-hybridized carbons (Fsp3) is 0.381. The number of ether oxygens (including phenoxy) is 2. The van der Waals surface area contributed by atoms with Crippen LogP contribution in [-0.4, -0.2) is 53.7 Å². The molecule has 7 nitrogen and oxygen atoms in total. The zero-order valence-corrected chi connectivity index (χ0v) is 17.2. The maximum Gasteiger partial charge on any atom is 0.338 e. The summed E-state index contributed by atoms with van der Waals surface area (Å²) < 4.78 is 10.8. The molecule has 0 spiro atoms. The fourth-order valence-electron chi connectivity index (χ4n) is 3.26. The molecule has 1 N–H and O–H groups in total. The second-order valence-corrected chi connectivity index (χ2v) is 7.57. The van der Waals surface area contributed by atoms with Gasteiger partial charge in [0.15, 0.2) is 6.61 Å². The maximum atomic E-state index is 12.2. The van der Waals surface area contributed by atoms with Crippen molar-refractivity contribution in [2.24, 2.45) is 0 Å². The van der Waals surface area contributed by atoms with Gasteiger partial charge in [0.25, 0.3) is 5.91 Å². The van der Waals surface area contributed by atoms with Crippen LogP contribution in [0.3, 0.4) is 0 Å². The molecule has 2 heterocycles. The highest BCUT2D eigenvalue weighted by Gasteiger charge is 2.22. The lowest BCUT2D eigenvalue weighted by atomic mass is 10.1. The van der Waals surface area contributed by atoms with Crippen molar-refractivity contribution in [2.45, 2.75) is 32.6 Å². The summed E-state index contributed by atoms with van der Waals surface area (Å²) >= 11 is 5.74. The van der Waals surface area contributed by atoms with Crippen LogP contribution in [0.4, 0.5) is 5.82 Å². The van der Waals surface area contributed by atoms with Gasteiger partial charge in [-0.3, -0.25) is 9.69 Å². The number of hydrogen-bond acceptors (Lipinski definition) is 6. The zero-order valence-electron chi connectivity index (χ0n) is 16.4. The molecule has 0 saturated carbocycles. The second-order valence-electron chi connectivity index (χ2n) is 7.13. The number of esters is 1. The topological polar surface area (TPSA) is 80.8 Å².